The molecule has 1 amide bonds. The van der Waals surface area contributed by atoms with E-state index in [9.17, 15) is 4.79 Å². The summed E-state index contributed by atoms with van der Waals surface area (Å²) in [4.78, 5) is 19.7. The maximum absolute atomic E-state index is 13.0. The molecule has 1 aromatic heterocycles. The Kier molecular flexibility index (Phi) is 5.21. The lowest BCUT2D eigenvalue weighted by molar-refractivity contribution is -0.116. The second kappa shape index (κ2) is 8.14. The lowest BCUT2D eigenvalue weighted by Gasteiger charge is -2.29. The van der Waals surface area contributed by atoms with Gasteiger partial charge in [0.1, 0.15) is 11.6 Å². The molecule has 1 saturated carbocycles. The summed E-state index contributed by atoms with van der Waals surface area (Å²) >= 11 is 1.42. The molecule has 2 aromatic carbocycles. The van der Waals surface area contributed by atoms with Gasteiger partial charge >= 0.3 is 0 Å². The fourth-order valence-electron chi connectivity index (χ4n) is 3.89. The number of hydrogen-bond acceptors (Lipinski definition) is 5. The van der Waals surface area contributed by atoms with E-state index in [0.29, 0.717) is 16.8 Å². The van der Waals surface area contributed by atoms with Gasteiger partial charge in [0.2, 0.25) is 11.1 Å². The first-order valence-electron chi connectivity index (χ1n) is 10.4. The van der Waals surface area contributed by atoms with Crippen molar-refractivity contribution in [3.8, 4) is 11.4 Å². The zero-order valence-electron chi connectivity index (χ0n) is 17.0. The molecule has 6 nitrogen and oxygen atoms in total. The van der Waals surface area contributed by atoms with Gasteiger partial charge in [-0.2, -0.15) is 0 Å². The molecule has 0 radical (unpaired) electrons. The molecule has 0 atom stereocenters. The SMILES string of the molecule is COc1ccc2c(c1)CCCN2C(=O)CSc1nc(C2CC2)n(-c2ccccc2)n1. The number of carbonyl (C=O) groups excluding carboxylic acids is 1. The molecule has 0 bridgehead atoms. The summed E-state index contributed by atoms with van der Waals surface area (Å²) in [7, 11) is 1.67. The number of aromatic nitrogens is 3. The zero-order valence-corrected chi connectivity index (χ0v) is 17.8. The van der Waals surface area contributed by atoms with E-state index in [0.717, 1.165) is 55.2 Å². The lowest BCUT2D eigenvalue weighted by Crippen LogP contribution is -2.36. The summed E-state index contributed by atoms with van der Waals surface area (Å²) < 4.78 is 7.27. The summed E-state index contributed by atoms with van der Waals surface area (Å²) in [5.41, 5.74) is 3.18. The predicted molar refractivity (Wildman–Crippen MR) is 118 cm³/mol. The Balaban J connectivity index is 1.32. The van der Waals surface area contributed by atoms with E-state index in [1.807, 2.05) is 58.1 Å². The van der Waals surface area contributed by atoms with Gasteiger partial charge in [-0.15, -0.1) is 5.10 Å². The molecule has 154 valence electrons. The number of methoxy groups -OCH3 is 1. The van der Waals surface area contributed by atoms with Crippen LogP contribution < -0.4 is 9.64 Å². The van der Waals surface area contributed by atoms with Crippen LogP contribution in [0.2, 0.25) is 0 Å². The Bertz CT molecular complexity index is 1060. The van der Waals surface area contributed by atoms with E-state index < -0.39 is 0 Å². The highest BCUT2D eigenvalue weighted by Crippen LogP contribution is 2.40. The van der Waals surface area contributed by atoms with Gasteiger partial charge in [0.25, 0.3) is 0 Å². The van der Waals surface area contributed by atoms with Gasteiger partial charge in [-0.05, 0) is 61.6 Å². The van der Waals surface area contributed by atoms with Crippen molar-refractivity contribution < 1.29 is 9.53 Å². The minimum Gasteiger partial charge on any atom is -0.497 e. The van der Waals surface area contributed by atoms with Crippen molar-refractivity contribution in [1.82, 2.24) is 14.8 Å². The molecule has 1 aliphatic heterocycles. The third-order valence-electron chi connectivity index (χ3n) is 5.59. The number of nitrogens with zero attached hydrogens (tertiary/aromatic N) is 4. The van der Waals surface area contributed by atoms with Crippen molar-refractivity contribution in [2.45, 2.75) is 36.8 Å². The average molecular weight is 421 g/mol. The summed E-state index contributed by atoms with van der Waals surface area (Å²) in [6, 6.07) is 16.0. The van der Waals surface area contributed by atoms with Crippen LogP contribution in [0.3, 0.4) is 0 Å². The summed E-state index contributed by atoms with van der Waals surface area (Å²) in [5, 5.41) is 5.37. The van der Waals surface area contributed by atoms with Crippen LogP contribution in [0.25, 0.3) is 5.69 Å². The topological polar surface area (TPSA) is 60.2 Å². The number of anilines is 1. The highest BCUT2D eigenvalue weighted by atomic mass is 32.2. The number of hydrogen-bond donors (Lipinski definition) is 0. The van der Waals surface area contributed by atoms with Crippen molar-refractivity contribution >= 4 is 23.4 Å². The highest BCUT2D eigenvalue weighted by molar-refractivity contribution is 7.99. The number of ether oxygens (including phenoxy) is 1. The van der Waals surface area contributed by atoms with E-state index in [2.05, 4.69) is 0 Å². The highest BCUT2D eigenvalue weighted by Gasteiger charge is 2.31. The number of carbonyl (C=O) groups is 1. The van der Waals surface area contributed by atoms with E-state index >= 15 is 0 Å². The Morgan fingerprint density at radius 1 is 1.20 bits per heavy atom. The van der Waals surface area contributed by atoms with Crippen LogP contribution in [0.15, 0.2) is 53.7 Å². The second-order valence-electron chi connectivity index (χ2n) is 7.71. The maximum Gasteiger partial charge on any atom is 0.237 e. The molecule has 0 spiro atoms. The molecule has 0 unspecified atom stereocenters. The molecule has 0 saturated heterocycles. The molecule has 5 rings (SSSR count). The zero-order chi connectivity index (χ0) is 20.5. The molecule has 1 aliphatic carbocycles. The fraction of sp³-hybridized carbons (Fsp3) is 0.348. The third-order valence-corrected chi connectivity index (χ3v) is 6.41. The summed E-state index contributed by atoms with van der Waals surface area (Å²) in [6.07, 6.45) is 4.24. The van der Waals surface area contributed by atoms with Gasteiger partial charge in [0.05, 0.1) is 18.6 Å². The summed E-state index contributed by atoms with van der Waals surface area (Å²) in [5.74, 6) is 2.74. The summed E-state index contributed by atoms with van der Waals surface area (Å²) in [6.45, 7) is 0.748. The van der Waals surface area contributed by atoms with Gasteiger partial charge in [0.15, 0.2) is 0 Å². The standard InChI is InChI=1S/C23H24N4O2S/c1-29-19-11-12-20-17(14-19)6-5-13-26(20)21(28)15-30-23-24-22(16-9-10-16)27(25-23)18-7-3-2-4-8-18/h2-4,7-8,11-12,14,16H,5-6,9-10,13,15H2,1H3. The number of amides is 1. The van der Waals surface area contributed by atoms with Crippen LogP contribution in [0.1, 0.15) is 36.6 Å². The van der Waals surface area contributed by atoms with Crippen LogP contribution in [0.5, 0.6) is 5.75 Å². The van der Waals surface area contributed by atoms with E-state index in [4.69, 9.17) is 14.8 Å². The van der Waals surface area contributed by atoms with Crippen molar-refractivity contribution in [3.63, 3.8) is 0 Å². The Morgan fingerprint density at radius 3 is 2.80 bits per heavy atom. The molecule has 7 heteroatoms. The van der Waals surface area contributed by atoms with Crippen molar-refractivity contribution in [2.75, 3.05) is 24.3 Å². The number of fused-ring (bicyclic) bond motifs is 1. The number of benzene rings is 2. The van der Waals surface area contributed by atoms with Crippen molar-refractivity contribution in [1.29, 1.82) is 0 Å². The van der Waals surface area contributed by atoms with Crippen LogP contribution in [0, 0.1) is 0 Å². The van der Waals surface area contributed by atoms with E-state index in [1.54, 1.807) is 7.11 Å². The number of thioether (sulfide) groups is 1. The van der Waals surface area contributed by atoms with Crippen molar-refractivity contribution in [3.05, 3.63) is 59.9 Å². The minimum atomic E-state index is 0.0927. The first kappa shape index (κ1) is 19.2. The number of para-hydroxylation sites is 1. The van der Waals surface area contributed by atoms with Crippen LogP contribution in [0.4, 0.5) is 5.69 Å². The molecule has 2 heterocycles. The minimum absolute atomic E-state index is 0.0927. The second-order valence-corrected chi connectivity index (χ2v) is 8.65. The average Bonchev–Trinajstić information content (AvgIpc) is 3.56. The number of rotatable bonds is 6. The van der Waals surface area contributed by atoms with Gasteiger partial charge in [-0.25, -0.2) is 9.67 Å². The van der Waals surface area contributed by atoms with Gasteiger partial charge in [0, 0.05) is 18.2 Å². The lowest BCUT2D eigenvalue weighted by atomic mass is 10.0. The molecule has 30 heavy (non-hydrogen) atoms. The smallest absolute Gasteiger partial charge is 0.237 e. The molecule has 2 aliphatic rings. The maximum atomic E-state index is 13.0. The molecular formula is C23H24N4O2S. The normalized spacial score (nSPS) is 15.7. The van der Waals surface area contributed by atoms with Gasteiger partial charge in [-0.3, -0.25) is 4.79 Å². The largest absolute Gasteiger partial charge is 0.497 e. The van der Waals surface area contributed by atoms with Crippen molar-refractivity contribution in [2.24, 2.45) is 0 Å². The molecule has 0 N–H and O–H groups in total. The van der Waals surface area contributed by atoms with Crippen LogP contribution in [-0.4, -0.2) is 40.1 Å². The Labute approximate surface area is 180 Å². The fourth-order valence-corrected chi connectivity index (χ4v) is 4.60. The van der Waals surface area contributed by atoms with Gasteiger partial charge < -0.3 is 9.64 Å². The Morgan fingerprint density at radius 2 is 2.03 bits per heavy atom. The molecule has 3 aromatic rings. The van der Waals surface area contributed by atoms with E-state index in [1.165, 1.54) is 17.3 Å². The predicted octanol–water partition coefficient (Wildman–Crippen LogP) is 4.22. The van der Waals surface area contributed by atoms with Crippen LogP contribution >= 0.6 is 11.8 Å². The third kappa shape index (κ3) is 3.81. The molecule has 1 fully saturated rings. The van der Waals surface area contributed by atoms with Crippen LogP contribution in [-0.2, 0) is 11.2 Å². The molecular weight excluding hydrogens is 396 g/mol. The van der Waals surface area contributed by atoms with Gasteiger partial charge in [-0.1, -0.05) is 30.0 Å². The van der Waals surface area contributed by atoms with E-state index in [-0.39, 0.29) is 5.91 Å². The first-order valence-corrected chi connectivity index (χ1v) is 11.3. The quantitative estimate of drug-likeness (QED) is 0.559. The first-order chi connectivity index (χ1) is 14.7. The Hall–Kier alpha value is -2.80. The number of aryl methyl sites for hydroxylation is 1. The monoisotopic (exact) mass is 420 g/mol.